The highest BCUT2D eigenvalue weighted by Crippen LogP contribution is 2.18. The average Bonchev–Trinajstić information content (AvgIpc) is 2.28. The van der Waals surface area contributed by atoms with E-state index in [1.54, 1.807) is 13.0 Å². The number of hydroxylamine groups is 1. The molecule has 0 radical (unpaired) electrons. The number of rotatable bonds is 6. The number of cyclic esters (lactones) is 1. The summed E-state index contributed by atoms with van der Waals surface area (Å²) in [5.41, 5.74) is 3.07. The van der Waals surface area contributed by atoms with E-state index in [9.17, 15) is 9.59 Å². The molecule has 1 aliphatic heterocycles. The number of nitrogens with one attached hydrogen (secondary N) is 1. The summed E-state index contributed by atoms with van der Waals surface area (Å²) in [5.74, 6) is -0.698. The van der Waals surface area contributed by atoms with Crippen LogP contribution in [0.2, 0.25) is 0 Å². The second-order valence-electron chi connectivity index (χ2n) is 3.81. The van der Waals surface area contributed by atoms with Crippen LogP contribution in [-0.4, -0.2) is 18.4 Å². The Morgan fingerprint density at radius 1 is 1.56 bits per heavy atom. The van der Waals surface area contributed by atoms with Gasteiger partial charge in [0, 0.05) is 6.08 Å². The number of carbonyl (C=O) groups excluding carboxylic acids is 2. The van der Waals surface area contributed by atoms with Crippen molar-refractivity contribution in [2.24, 2.45) is 0 Å². The third-order valence-corrected chi connectivity index (χ3v) is 2.24. The van der Waals surface area contributed by atoms with E-state index in [-0.39, 0.29) is 18.0 Å². The molecule has 0 aliphatic carbocycles. The number of hydrogen-bond donors (Lipinski definition) is 1. The van der Waals surface area contributed by atoms with Crippen LogP contribution >= 0.6 is 0 Å². The molecule has 1 aliphatic rings. The van der Waals surface area contributed by atoms with Crippen molar-refractivity contribution in [3.05, 3.63) is 35.8 Å². The van der Waals surface area contributed by atoms with E-state index in [1.165, 1.54) is 6.08 Å². The first-order valence-corrected chi connectivity index (χ1v) is 5.76. The molecule has 0 aromatic heterocycles. The van der Waals surface area contributed by atoms with Crippen LogP contribution in [0.15, 0.2) is 35.8 Å². The van der Waals surface area contributed by atoms with Crippen molar-refractivity contribution < 1.29 is 19.2 Å². The third-order valence-electron chi connectivity index (χ3n) is 2.24. The predicted octanol–water partition coefficient (Wildman–Crippen LogP) is 1.78. The summed E-state index contributed by atoms with van der Waals surface area (Å²) in [5, 5.41) is 0. The van der Waals surface area contributed by atoms with Gasteiger partial charge in [-0.3, -0.25) is 15.1 Å². The molecular formula is C13H17NO4. The van der Waals surface area contributed by atoms with Crippen molar-refractivity contribution in [3.63, 3.8) is 0 Å². The van der Waals surface area contributed by atoms with Crippen molar-refractivity contribution in [2.75, 3.05) is 6.61 Å². The Bertz CT molecular complexity index is 421. The van der Waals surface area contributed by atoms with Gasteiger partial charge >= 0.3 is 5.97 Å². The molecule has 1 heterocycles. The molecule has 0 unspecified atom stereocenters. The Morgan fingerprint density at radius 2 is 2.28 bits per heavy atom. The Hall–Kier alpha value is -1.88. The topological polar surface area (TPSA) is 64.6 Å². The quantitative estimate of drug-likeness (QED) is 0.195. The van der Waals surface area contributed by atoms with Crippen LogP contribution in [-0.2, 0) is 19.2 Å². The fraction of sp³-hybridized carbons (Fsp3) is 0.385. The lowest BCUT2D eigenvalue weighted by molar-refractivity contribution is -0.137. The van der Waals surface area contributed by atoms with Crippen LogP contribution in [0, 0.1) is 0 Å². The Labute approximate surface area is 106 Å². The molecule has 0 saturated carbocycles. The maximum atomic E-state index is 11.8. The van der Waals surface area contributed by atoms with Gasteiger partial charge in [0.1, 0.15) is 11.3 Å². The van der Waals surface area contributed by atoms with E-state index in [0.717, 1.165) is 6.42 Å². The van der Waals surface area contributed by atoms with Crippen LogP contribution in [0.1, 0.15) is 26.7 Å². The van der Waals surface area contributed by atoms with Crippen LogP contribution in [0.3, 0.4) is 0 Å². The fourth-order valence-corrected chi connectivity index (χ4v) is 1.52. The van der Waals surface area contributed by atoms with Gasteiger partial charge in [-0.05, 0) is 13.3 Å². The van der Waals surface area contributed by atoms with E-state index in [1.807, 2.05) is 6.92 Å². The number of allylic oxidation sites excluding steroid dienone is 3. The van der Waals surface area contributed by atoms with Gasteiger partial charge in [0.05, 0.1) is 12.3 Å². The van der Waals surface area contributed by atoms with E-state index < -0.39 is 5.97 Å². The normalized spacial score (nSPS) is 18.0. The van der Waals surface area contributed by atoms with Gasteiger partial charge in [-0.2, -0.15) is 0 Å². The molecule has 0 aromatic carbocycles. The number of esters is 1. The summed E-state index contributed by atoms with van der Waals surface area (Å²) >= 11 is 0. The van der Waals surface area contributed by atoms with Crippen molar-refractivity contribution in [2.45, 2.75) is 26.7 Å². The first-order chi connectivity index (χ1) is 8.60. The molecule has 0 bridgehead atoms. The third kappa shape index (κ3) is 3.56. The minimum atomic E-state index is -0.641. The highest BCUT2D eigenvalue weighted by Gasteiger charge is 2.27. The molecular weight excluding hydrogens is 234 g/mol. The molecule has 1 N–H and O–H groups in total. The molecule has 0 saturated heterocycles. The monoisotopic (exact) mass is 251 g/mol. The zero-order chi connectivity index (χ0) is 13.5. The Morgan fingerprint density at radius 3 is 2.83 bits per heavy atom. The number of ether oxygens (including phenoxy) is 1. The van der Waals surface area contributed by atoms with Crippen molar-refractivity contribution in [3.8, 4) is 0 Å². The molecule has 5 nitrogen and oxygen atoms in total. The minimum Gasteiger partial charge on any atom is -0.427 e. The van der Waals surface area contributed by atoms with E-state index in [4.69, 9.17) is 9.57 Å². The SMILES string of the molecule is C=CCON/C(CCC)=C1\C(=O)C=C(C)OC1=O. The van der Waals surface area contributed by atoms with Gasteiger partial charge in [0.2, 0.25) is 0 Å². The molecule has 0 aromatic rings. The zero-order valence-corrected chi connectivity index (χ0v) is 10.6. The van der Waals surface area contributed by atoms with E-state index >= 15 is 0 Å². The highest BCUT2D eigenvalue weighted by atomic mass is 16.6. The molecule has 0 fully saturated rings. The maximum absolute atomic E-state index is 11.8. The summed E-state index contributed by atoms with van der Waals surface area (Å²) in [6.07, 6.45) is 4.15. The first-order valence-electron chi connectivity index (χ1n) is 5.76. The average molecular weight is 251 g/mol. The second-order valence-corrected chi connectivity index (χ2v) is 3.81. The number of carbonyl (C=O) groups is 2. The highest BCUT2D eigenvalue weighted by molar-refractivity contribution is 6.24. The molecule has 98 valence electrons. The first kappa shape index (κ1) is 14.2. The van der Waals surface area contributed by atoms with Gasteiger partial charge < -0.3 is 4.74 Å². The smallest absolute Gasteiger partial charge is 0.349 e. The summed E-state index contributed by atoms with van der Waals surface area (Å²) in [7, 11) is 0. The summed E-state index contributed by atoms with van der Waals surface area (Å²) in [4.78, 5) is 28.6. The lowest BCUT2D eigenvalue weighted by atomic mass is 10.0. The standard InChI is InChI=1S/C13H17NO4/c1-4-6-10(14-17-7-5-2)12-11(15)8-9(3)18-13(12)16/h5,8,14H,2,4,6-7H2,1,3H3/b12-10+. The number of ketones is 1. The minimum absolute atomic E-state index is 0.00603. The predicted molar refractivity (Wildman–Crippen MR) is 66.1 cm³/mol. The summed E-state index contributed by atoms with van der Waals surface area (Å²) in [6.45, 7) is 7.29. The van der Waals surface area contributed by atoms with Gasteiger partial charge in [-0.25, -0.2) is 4.79 Å². The number of hydrogen-bond acceptors (Lipinski definition) is 5. The molecule has 18 heavy (non-hydrogen) atoms. The molecule has 5 heteroatoms. The van der Waals surface area contributed by atoms with Crippen LogP contribution in [0.25, 0.3) is 0 Å². The van der Waals surface area contributed by atoms with Crippen molar-refractivity contribution in [1.82, 2.24) is 5.48 Å². The Kier molecular flexibility index (Phi) is 5.32. The molecule has 0 amide bonds. The molecule has 0 atom stereocenters. The Balaban J connectivity index is 2.98. The van der Waals surface area contributed by atoms with Crippen molar-refractivity contribution >= 4 is 11.8 Å². The zero-order valence-electron chi connectivity index (χ0n) is 10.6. The van der Waals surface area contributed by atoms with E-state index in [2.05, 4.69) is 12.1 Å². The lowest BCUT2D eigenvalue weighted by Crippen LogP contribution is -2.26. The second kappa shape index (κ2) is 6.76. The van der Waals surface area contributed by atoms with Gasteiger partial charge in [-0.1, -0.05) is 19.4 Å². The van der Waals surface area contributed by atoms with Gasteiger partial charge in [0.15, 0.2) is 5.78 Å². The maximum Gasteiger partial charge on any atom is 0.349 e. The summed E-state index contributed by atoms with van der Waals surface area (Å²) in [6, 6.07) is 0. The van der Waals surface area contributed by atoms with Gasteiger partial charge in [-0.15, -0.1) is 6.58 Å². The van der Waals surface area contributed by atoms with E-state index in [0.29, 0.717) is 17.9 Å². The lowest BCUT2D eigenvalue weighted by Gasteiger charge is -2.17. The van der Waals surface area contributed by atoms with Crippen LogP contribution < -0.4 is 5.48 Å². The fourth-order valence-electron chi connectivity index (χ4n) is 1.52. The van der Waals surface area contributed by atoms with Crippen molar-refractivity contribution in [1.29, 1.82) is 0 Å². The molecule has 0 spiro atoms. The molecule has 1 rings (SSSR count). The van der Waals surface area contributed by atoms with Gasteiger partial charge in [0.25, 0.3) is 0 Å². The summed E-state index contributed by atoms with van der Waals surface area (Å²) < 4.78 is 4.93. The largest absolute Gasteiger partial charge is 0.427 e. The van der Waals surface area contributed by atoms with Crippen LogP contribution in [0.4, 0.5) is 0 Å². The van der Waals surface area contributed by atoms with Crippen LogP contribution in [0.5, 0.6) is 0 Å².